The number of hydrogen-bond donors (Lipinski definition) is 1. The number of hydrogen-bond acceptors (Lipinski definition) is 3. The van der Waals surface area contributed by atoms with Crippen LogP contribution in [0.3, 0.4) is 0 Å². The fourth-order valence-corrected chi connectivity index (χ4v) is 2.82. The summed E-state index contributed by atoms with van der Waals surface area (Å²) in [6, 6.07) is 2.12. The van der Waals surface area contributed by atoms with Crippen molar-refractivity contribution < 1.29 is 4.74 Å². The Morgan fingerprint density at radius 3 is 2.89 bits per heavy atom. The second-order valence-corrected chi connectivity index (χ2v) is 7.18. The maximum absolute atomic E-state index is 6.00. The second kappa shape index (κ2) is 6.33. The normalized spacial score (nSPS) is 24.4. The van der Waals surface area contributed by atoms with Crippen LogP contribution in [0.15, 0.2) is 22.9 Å². The molecule has 4 heteroatoms. The van der Waals surface area contributed by atoms with E-state index in [1.54, 1.807) is 0 Å². The topological polar surface area (TPSA) is 34.1 Å². The van der Waals surface area contributed by atoms with Crippen molar-refractivity contribution in [2.45, 2.75) is 45.3 Å². The van der Waals surface area contributed by atoms with E-state index in [1.807, 2.05) is 12.4 Å². The summed E-state index contributed by atoms with van der Waals surface area (Å²) in [6.07, 6.45) is 6.25. The highest BCUT2D eigenvalue weighted by atomic mass is 79.9. The van der Waals surface area contributed by atoms with Gasteiger partial charge in [-0.3, -0.25) is 4.98 Å². The van der Waals surface area contributed by atoms with Gasteiger partial charge in [-0.15, -0.1) is 0 Å². The second-order valence-electron chi connectivity index (χ2n) is 6.26. The summed E-state index contributed by atoms with van der Waals surface area (Å²) in [4.78, 5) is 4.26. The van der Waals surface area contributed by atoms with E-state index in [9.17, 15) is 0 Å². The monoisotopic (exact) mass is 326 g/mol. The van der Waals surface area contributed by atoms with Gasteiger partial charge in [0, 0.05) is 47.0 Å². The Morgan fingerprint density at radius 2 is 2.21 bits per heavy atom. The van der Waals surface area contributed by atoms with Crippen LogP contribution in [0.5, 0.6) is 0 Å². The van der Waals surface area contributed by atoms with Gasteiger partial charge in [0.1, 0.15) is 0 Å². The molecule has 3 nitrogen and oxygen atoms in total. The molecular formula is C15H23BrN2O. The molecule has 0 aromatic carbocycles. The zero-order valence-electron chi connectivity index (χ0n) is 11.9. The fraction of sp³-hybridized carbons (Fsp3) is 0.667. The molecule has 19 heavy (non-hydrogen) atoms. The highest BCUT2D eigenvalue weighted by molar-refractivity contribution is 9.10. The molecular weight excluding hydrogens is 304 g/mol. The van der Waals surface area contributed by atoms with Crippen LogP contribution >= 0.6 is 15.9 Å². The summed E-state index contributed by atoms with van der Waals surface area (Å²) in [5.74, 6) is 0.518. The number of halogens is 1. The Labute approximate surface area is 124 Å². The lowest BCUT2D eigenvalue weighted by atomic mass is 9.89. The SMILES string of the molecule is CC(C)(C)NCC1CCCOC1c1cncc(Br)c1. The third-order valence-corrected chi connectivity index (χ3v) is 3.83. The predicted octanol–water partition coefficient (Wildman–Crippen LogP) is 3.70. The molecule has 1 aromatic heterocycles. The minimum atomic E-state index is 0.150. The number of pyridine rings is 1. The van der Waals surface area contributed by atoms with Crippen molar-refractivity contribution in [2.75, 3.05) is 13.2 Å². The number of nitrogens with one attached hydrogen (secondary N) is 1. The molecule has 2 unspecified atom stereocenters. The molecule has 106 valence electrons. The standard InChI is InChI=1S/C15H23BrN2O/c1-15(2,3)18-9-11-5-4-6-19-14(11)12-7-13(16)10-17-8-12/h7-8,10-11,14,18H,4-6,9H2,1-3H3. The molecule has 1 aliphatic heterocycles. The van der Waals surface area contributed by atoms with Crippen LogP contribution in [0.2, 0.25) is 0 Å². The molecule has 2 atom stereocenters. The van der Waals surface area contributed by atoms with E-state index in [1.165, 1.54) is 12.0 Å². The summed E-state index contributed by atoms with van der Waals surface area (Å²) in [7, 11) is 0. The Balaban J connectivity index is 2.07. The van der Waals surface area contributed by atoms with Gasteiger partial charge in [-0.2, -0.15) is 0 Å². The van der Waals surface area contributed by atoms with E-state index in [-0.39, 0.29) is 11.6 Å². The molecule has 1 fully saturated rings. The zero-order chi connectivity index (χ0) is 13.9. The van der Waals surface area contributed by atoms with Crippen LogP contribution in [-0.4, -0.2) is 23.7 Å². The number of aromatic nitrogens is 1. The molecule has 1 saturated heterocycles. The van der Waals surface area contributed by atoms with Crippen molar-refractivity contribution in [2.24, 2.45) is 5.92 Å². The van der Waals surface area contributed by atoms with Crippen LogP contribution in [-0.2, 0) is 4.74 Å². The first-order valence-corrected chi connectivity index (χ1v) is 7.72. The van der Waals surface area contributed by atoms with Crippen molar-refractivity contribution in [1.82, 2.24) is 10.3 Å². The summed E-state index contributed by atoms with van der Waals surface area (Å²) < 4.78 is 7.01. The van der Waals surface area contributed by atoms with Gasteiger partial charge in [0.25, 0.3) is 0 Å². The van der Waals surface area contributed by atoms with Gasteiger partial charge < -0.3 is 10.1 Å². The number of ether oxygens (including phenoxy) is 1. The highest BCUT2D eigenvalue weighted by Crippen LogP contribution is 2.34. The molecule has 0 bridgehead atoms. The van der Waals surface area contributed by atoms with Crippen molar-refractivity contribution in [3.05, 3.63) is 28.5 Å². The summed E-state index contributed by atoms with van der Waals surface area (Å²) >= 11 is 3.49. The first-order chi connectivity index (χ1) is 8.96. The lowest BCUT2D eigenvalue weighted by Gasteiger charge is -2.34. The molecule has 2 rings (SSSR count). The van der Waals surface area contributed by atoms with Gasteiger partial charge >= 0.3 is 0 Å². The van der Waals surface area contributed by atoms with Gasteiger partial charge in [-0.25, -0.2) is 0 Å². The van der Waals surface area contributed by atoms with Crippen molar-refractivity contribution in [3.8, 4) is 0 Å². The quantitative estimate of drug-likeness (QED) is 0.919. The molecule has 1 aliphatic rings. The predicted molar refractivity (Wildman–Crippen MR) is 81.1 cm³/mol. The van der Waals surface area contributed by atoms with E-state index in [0.717, 1.165) is 24.0 Å². The molecule has 0 radical (unpaired) electrons. The molecule has 0 aliphatic carbocycles. The van der Waals surface area contributed by atoms with Crippen LogP contribution in [0.25, 0.3) is 0 Å². The van der Waals surface area contributed by atoms with Crippen LogP contribution < -0.4 is 5.32 Å². The first kappa shape index (κ1) is 14.9. The lowest BCUT2D eigenvalue weighted by molar-refractivity contribution is -0.0294. The van der Waals surface area contributed by atoms with Gasteiger partial charge in [0.2, 0.25) is 0 Å². The Kier molecular flexibility index (Phi) is 4.98. The van der Waals surface area contributed by atoms with E-state index in [2.05, 4.69) is 53.1 Å². The molecule has 0 spiro atoms. The summed E-state index contributed by atoms with van der Waals surface area (Å²) in [6.45, 7) is 8.44. The van der Waals surface area contributed by atoms with Gasteiger partial charge in [0.15, 0.2) is 0 Å². The summed E-state index contributed by atoms with van der Waals surface area (Å²) in [5, 5.41) is 3.59. The van der Waals surface area contributed by atoms with Gasteiger partial charge in [-0.1, -0.05) is 0 Å². The maximum Gasteiger partial charge on any atom is 0.0880 e. The van der Waals surface area contributed by atoms with Crippen molar-refractivity contribution in [1.29, 1.82) is 0 Å². The fourth-order valence-electron chi connectivity index (χ4n) is 2.44. The van der Waals surface area contributed by atoms with Gasteiger partial charge in [-0.05, 0) is 55.6 Å². The van der Waals surface area contributed by atoms with Gasteiger partial charge in [0.05, 0.1) is 6.10 Å². The Bertz CT molecular complexity index is 417. The lowest BCUT2D eigenvalue weighted by Crippen LogP contribution is -2.41. The average molecular weight is 327 g/mol. The number of rotatable bonds is 3. The Morgan fingerprint density at radius 1 is 1.42 bits per heavy atom. The minimum absolute atomic E-state index is 0.150. The number of nitrogens with zero attached hydrogens (tertiary/aromatic N) is 1. The maximum atomic E-state index is 6.00. The van der Waals surface area contributed by atoms with Crippen LogP contribution in [0.1, 0.15) is 45.3 Å². The van der Waals surface area contributed by atoms with E-state index in [4.69, 9.17) is 4.74 Å². The van der Waals surface area contributed by atoms with Crippen molar-refractivity contribution >= 4 is 15.9 Å². The Hall–Kier alpha value is -0.450. The van der Waals surface area contributed by atoms with Crippen LogP contribution in [0, 0.1) is 5.92 Å². The van der Waals surface area contributed by atoms with E-state index in [0.29, 0.717) is 5.92 Å². The van der Waals surface area contributed by atoms with Crippen molar-refractivity contribution in [3.63, 3.8) is 0 Å². The minimum Gasteiger partial charge on any atom is -0.373 e. The first-order valence-electron chi connectivity index (χ1n) is 6.93. The molecule has 0 amide bonds. The van der Waals surface area contributed by atoms with Crippen LogP contribution in [0.4, 0.5) is 0 Å². The van der Waals surface area contributed by atoms with E-state index < -0.39 is 0 Å². The summed E-state index contributed by atoms with van der Waals surface area (Å²) in [5.41, 5.74) is 1.33. The molecule has 1 N–H and O–H groups in total. The molecule has 1 aromatic rings. The third kappa shape index (κ3) is 4.55. The molecule has 2 heterocycles. The largest absolute Gasteiger partial charge is 0.373 e. The molecule has 0 saturated carbocycles. The highest BCUT2D eigenvalue weighted by Gasteiger charge is 2.28. The zero-order valence-corrected chi connectivity index (χ0v) is 13.5. The van der Waals surface area contributed by atoms with E-state index >= 15 is 0 Å². The third-order valence-electron chi connectivity index (χ3n) is 3.39. The smallest absolute Gasteiger partial charge is 0.0880 e. The average Bonchev–Trinajstić information content (AvgIpc) is 2.36.